The Morgan fingerprint density at radius 3 is 2.82 bits per heavy atom. The summed E-state index contributed by atoms with van der Waals surface area (Å²) >= 11 is 5.38. The first-order valence-corrected chi connectivity index (χ1v) is 10.6. The van der Waals surface area contributed by atoms with E-state index < -0.39 is 0 Å². The molecule has 3 fully saturated rings. The first-order valence-electron chi connectivity index (χ1n) is 10.2. The van der Waals surface area contributed by atoms with Gasteiger partial charge in [-0.3, -0.25) is 14.5 Å². The number of rotatable bonds is 5. The van der Waals surface area contributed by atoms with E-state index in [2.05, 4.69) is 15.5 Å². The third kappa shape index (κ3) is 2.96. The number of hydrogen-bond acceptors (Lipinski definition) is 4. The van der Waals surface area contributed by atoms with Crippen LogP contribution in [0, 0.1) is 28.4 Å². The van der Waals surface area contributed by atoms with Crippen LogP contribution in [0.3, 0.4) is 0 Å². The Hall–Kier alpha value is -2.15. The van der Waals surface area contributed by atoms with Crippen LogP contribution in [0.25, 0.3) is 11.4 Å². The first kappa shape index (κ1) is 17.9. The summed E-state index contributed by atoms with van der Waals surface area (Å²) in [5, 5.41) is 10.5. The van der Waals surface area contributed by atoms with E-state index in [0.717, 1.165) is 35.5 Å². The number of methoxy groups -OCH3 is 1. The Labute approximate surface area is 169 Å². The Balaban J connectivity index is 1.29. The maximum absolute atomic E-state index is 12.8. The van der Waals surface area contributed by atoms with Crippen molar-refractivity contribution in [2.24, 2.45) is 23.7 Å². The van der Waals surface area contributed by atoms with Crippen LogP contribution in [0.4, 0.5) is 0 Å². The largest absolute Gasteiger partial charge is 0.497 e. The normalized spacial score (nSPS) is 30.4. The summed E-state index contributed by atoms with van der Waals surface area (Å²) < 4.78 is 7.45. The lowest BCUT2D eigenvalue weighted by Crippen LogP contribution is -2.43. The van der Waals surface area contributed by atoms with Crippen molar-refractivity contribution in [3.8, 4) is 17.1 Å². The third-order valence-electron chi connectivity index (χ3n) is 7.18. The number of hydrogen-bond donors (Lipinski definition) is 2. The number of carbonyl (C=O) groups is 1. The van der Waals surface area contributed by atoms with E-state index in [-0.39, 0.29) is 12.5 Å². The Bertz CT molecular complexity index is 935. The van der Waals surface area contributed by atoms with Crippen molar-refractivity contribution in [2.75, 3.05) is 7.11 Å². The number of nitrogens with zero attached hydrogens (tertiary/aromatic N) is 2. The molecule has 0 aliphatic heterocycles. The molecule has 6 nitrogen and oxygen atoms in total. The van der Waals surface area contributed by atoms with E-state index >= 15 is 0 Å². The van der Waals surface area contributed by atoms with Gasteiger partial charge in [0.25, 0.3) is 0 Å². The van der Waals surface area contributed by atoms with Gasteiger partial charge in [-0.2, -0.15) is 5.10 Å². The van der Waals surface area contributed by atoms with Crippen LogP contribution in [0.1, 0.15) is 32.1 Å². The van der Waals surface area contributed by atoms with E-state index in [0.29, 0.717) is 22.6 Å². The Morgan fingerprint density at radius 2 is 2.04 bits per heavy atom. The van der Waals surface area contributed by atoms with Crippen LogP contribution < -0.4 is 10.1 Å². The smallest absolute Gasteiger partial charge is 0.240 e. The molecule has 3 aliphatic carbocycles. The number of aromatic amines is 1. The summed E-state index contributed by atoms with van der Waals surface area (Å²) in [6.07, 6.45) is 6.59. The molecule has 2 N–H and O–H groups in total. The molecule has 1 amide bonds. The number of fused-ring (bicyclic) bond motifs is 5. The van der Waals surface area contributed by atoms with Crippen LogP contribution in [-0.4, -0.2) is 33.8 Å². The second-order valence-electron chi connectivity index (χ2n) is 8.49. The second kappa shape index (κ2) is 7.03. The van der Waals surface area contributed by atoms with Gasteiger partial charge >= 0.3 is 0 Å². The van der Waals surface area contributed by atoms with Crippen molar-refractivity contribution >= 4 is 18.1 Å². The molecular formula is C21H26N4O2S. The van der Waals surface area contributed by atoms with Crippen molar-refractivity contribution < 1.29 is 9.53 Å². The molecule has 1 aromatic heterocycles. The van der Waals surface area contributed by atoms with Crippen molar-refractivity contribution in [2.45, 2.75) is 44.7 Å². The van der Waals surface area contributed by atoms with Gasteiger partial charge in [0, 0.05) is 11.6 Å². The lowest BCUT2D eigenvalue weighted by Gasteiger charge is -2.32. The minimum absolute atomic E-state index is 0.0272. The predicted octanol–water partition coefficient (Wildman–Crippen LogP) is 3.56. The molecule has 0 radical (unpaired) electrons. The SMILES string of the molecule is COc1ccc(-c2n[nH]c(=S)n2CC(=O)N[C@@H]2C[C@H]3C[C@H]2[C@@H]2CCC[C@@H]32)cc1. The highest BCUT2D eigenvalue weighted by atomic mass is 32.1. The quantitative estimate of drug-likeness (QED) is 0.756. The van der Waals surface area contributed by atoms with E-state index in [1.54, 1.807) is 11.7 Å². The standard InChI is InChI=1S/C21H26N4O2S/c1-27-14-7-5-12(6-8-14)20-23-24-21(28)25(20)11-19(26)22-18-10-13-9-17(18)16-4-2-3-15(13)16/h5-8,13,15-18H,2-4,9-11H2,1H3,(H,22,26)(H,24,28)/t13-,15+,16-,17+,18-/m1/s1. The zero-order chi connectivity index (χ0) is 19.3. The first-order chi connectivity index (χ1) is 13.6. The average molecular weight is 399 g/mol. The maximum atomic E-state index is 12.8. The summed E-state index contributed by atoms with van der Waals surface area (Å²) in [6.45, 7) is 0.193. The highest BCUT2D eigenvalue weighted by Gasteiger charge is 2.53. The monoisotopic (exact) mass is 398 g/mol. The van der Waals surface area contributed by atoms with Crippen molar-refractivity contribution in [1.82, 2.24) is 20.1 Å². The lowest BCUT2D eigenvalue weighted by molar-refractivity contribution is -0.122. The van der Waals surface area contributed by atoms with Crippen LogP contribution in [-0.2, 0) is 11.3 Å². The fourth-order valence-electron chi connectivity index (χ4n) is 6.05. The van der Waals surface area contributed by atoms with Crippen molar-refractivity contribution in [3.05, 3.63) is 29.0 Å². The molecule has 7 heteroatoms. The Kier molecular flexibility index (Phi) is 4.50. The van der Waals surface area contributed by atoms with Gasteiger partial charge < -0.3 is 10.1 Å². The molecule has 2 bridgehead atoms. The van der Waals surface area contributed by atoms with Gasteiger partial charge in [0.05, 0.1) is 7.11 Å². The fraction of sp³-hybridized carbons (Fsp3) is 0.571. The fourth-order valence-corrected chi connectivity index (χ4v) is 6.25. The summed E-state index contributed by atoms with van der Waals surface area (Å²) in [4.78, 5) is 12.8. The van der Waals surface area contributed by atoms with Crippen LogP contribution in [0.5, 0.6) is 5.75 Å². The summed E-state index contributed by atoms with van der Waals surface area (Å²) in [6, 6.07) is 7.94. The number of amides is 1. The van der Waals surface area contributed by atoms with E-state index in [9.17, 15) is 4.79 Å². The molecule has 3 aliphatic rings. The molecule has 2 aromatic rings. The molecule has 3 saturated carbocycles. The number of nitrogens with one attached hydrogen (secondary N) is 2. The van der Waals surface area contributed by atoms with Gasteiger partial charge in [-0.25, -0.2) is 0 Å². The zero-order valence-electron chi connectivity index (χ0n) is 16.1. The van der Waals surface area contributed by atoms with Crippen LogP contribution in [0.2, 0.25) is 0 Å². The molecule has 1 heterocycles. The molecule has 5 rings (SSSR count). The van der Waals surface area contributed by atoms with Gasteiger partial charge in [-0.15, -0.1) is 0 Å². The minimum Gasteiger partial charge on any atom is -0.497 e. The molecule has 1 aromatic carbocycles. The van der Waals surface area contributed by atoms with Gasteiger partial charge in [0.15, 0.2) is 10.6 Å². The van der Waals surface area contributed by atoms with E-state index in [1.807, 2.05) is 24.3 Å². The highest BCUT2D eigenvalue weighted by Crippen LogP contribution is 2.58. The third-order valence-corrected chi connectivity index (χ3v) is 7.49. The number of carbonyl (C=O) groups excluding carboxylic acids is 1. The Morgan fingerprint density at radius 1 is 1.25 bits per heavy atom. The molecule has 0 saturated heterocycles. The predicted molar refractivity (Wildman–Crippen MR) is 108 cm³/mol. The lowest BCUT2D eigenvalue weighted by atomic mass is 9.79. The molecular weight excluding hydrogens is 372 g/mol. The van der Waals surface area contributed by atoms with Crippen molar-refractivity contribution in [1.29, 1.82) is 0 Å². The second-order valence-corrected chi connectivity index (χ2v) is 8.88. The highest BCUT2D eigenvalue weighted by molar-refractivity contribution is 7.71. The molecule has 148 valence electrons. The number of aromatic nitrogens is 3. The molecule has 28 heavy (non-hydrogen) atoms. The maximum Gasteiger partial charge on any atom is 0.240 e. The minimum atomic E-state index is 0.0272. The van der Waals surface area contributed by atoms with E-state index in [1.165, 1.54) is 25.7 Å². The van der Waals surface area contributed by atoms with Gasteiger partial charge in [-0.1, -0.05) is 6.42 Å². The summed E-state index contributed by atoms with van der Waals surface area (Å²) in [5.74, 6) is 4.76. The molecule has 0 unspecified atom stereocenters. The van der Waals surface area contributed by atoms with Crippen LogP contribution in [0.15, 0.2) is 24.3 Å². The van der Waals surface area contributed by atoms with E-state index in [4.69, 9.17) is 17.0 Å². The zero-order valence-corrected chi connectivity index (χ0v) is 16.9. The topological polar surface area (TPSA) is 71.9 Å². The average Bonchev–Trinajstić information content (AvgIpc) is 3.45. The van der Waals surface area contributed by atoms with Gasteiger partial charge in [-0.05, 0) is 85.8 Å². The van der Waals surface area contributed by atoms with Gasteiger partial charge in [0.2, 0.25) is 5.91 Å². The van der Waals surface area contributed by atoms with Crippen molar-refractivity contribution in [3.63, 3.8) is 0 Å². The summed E-state index contributed by atoms with van der Waals surface area (Å²) in [7, 11) is 1.64. The number of ether oxygens (including phenoxy) is 1. The molecule has 5 atom stereocenters. The van der Waals surface area contributed by atoms with Gasteiger partial charge in [0.1, 0.15) is 12.3 Å². The number of benzene rings is 1. The van der Waals surface area contributed by atoms with Crippen LogP contribution >= 0.6 is 12.2 Å². The number of H-pyrrole nitrogens is 1. The summed E-state index contributed by atoms with van der Waals surface area (Å²) in [5.41, 5.74) is 0.898. The molecule has 0 spiro atoms.